The Kier molecular flexibility index (Phi) is 3.44. The molecule has 1 heterocycles. The molecule has 88 valence electrons. The second-order valence-electron chi connectivity index (χ2n) is 3.74. The van der Waals surface area contributed by atoms with E-state index >= 15 is 0 Å². The Balaban J connectivity index is 2.32. The van der Waals surface area contributed by atoms with Crippen molar-refractivity contribution in [2.75, 3.05) is 7.05 Å². The quantitative estimate of drug-likeness (QED) is 0.883. The molecule has 2 rings (SSSR count). The largest absolute Gasteiger partial charge is 0.316 e. The molecule has 1 N–H and O–H groups in total. The number of nitrogens with one attached hydrogen (secondary N) is 1. The van der Waals surface area contributed by atoms with E-state index in [0.29, 0.717) is 17.8 Å². The third kappa shape index (κ3) is 2.85. The van der Waals surface area contributed by atoms with Crippen LogP contribution < -0.4 is 5.32 Å². The minimum Gasteiger partial charge on any atom is -0.316 e. The molecule has 2 nitrogen and oxygen atoms in total. The van der Waals surface area contributed by atoms with Gasteiger partial charge in [-0.15, -0.1) is 0 Å². The Hall–Kier alpha value is -1.81. The van der Waals surface area contributed by atoms with Crippen molar-refractivity contribution in [2.24, 2.45) is 0 Å². The number of hydrogen-bond donors (Lipinski definition) is 1. The van der Waals surface area contributed by atoms with Gasteiger partial charge in [0.2, 0.25) is 0 Å². The number of rotatable bonds is 3. The molecule has 0 bridgehead atoms. The number of nitrogens with zero attached hydrogens (tertiary/aromatic N) is 1. The van der Waals surface area contributed by atoms with Crippen molar-refractivity contribution in [2.45, 2.75) is 6.54 Å². The van der Waals surface area contributed by atoms with E-state index in [1.165, 1.54) is 12.1 Å². The van der Waals surface area contributed by atoms with Crippen molar-refractivity contribution in [3.63, 3.8) is 0 Å². The maximum Gasteiger partial charge on any atom is 0.126 e. The van der Waals surface area contributed by atoms with Gasteiger partial charge in [-0.2, -0.15) is 0 Å². The topological polar surface area (TPSA) is 24.9 Å². The molecule has 4 heteroatoms. The smallest absolute Gasteiger partial charge is 0.126 e. The molecule has 1 aromatic heterocycles. The Bertz CT molecular complexity index is 489. The molecule has 0 aliphatic rings. The van der Waals surface area contributed by atoms with Gasteiger partial charge in [-0.25, -0.2) is 8.78 Å². The molecule has 1 aromatic carbocycles. The van der Waals surface area contributed by atoms with Crippen LogP contribution in [0, 0.1) is 11.6 Å². The Morgan fingerprint density at radius 3 is 2.35 bits per heavy atom. The third-order valence-corrected chi connectivity index (χ3v) is 2.36. The fraction of sp³-hybridized carbons (Fsp3) is 0.154. The molecule has 0 saturated carbocycles. The van der Waals surface area contributed by atoms with E-state index in [-0.39, 0.29) is 0 Å². The first-order valence-corrected chi connectivity index (χ1v) is 5.25. The van der Waals surface area contributed by atoms with Gasteiger partial charge in [0.15, 0.2) is 0 Å². The average Bonchev–Trinajstić information content (AvgIpc) is 2.29. The molecule has 0 saturated heterocycles. The first-order valence-electron chi connectivity index (χ1n) is 5.25. The van der Waals surface area contributed by atoms with Crippen LogP contribution in [0.2, 0.25) is 0 Å². The fourth-order valence-electron chi connectivity index (χ4n) is 1.61. The highest BCUT2D eigenvalue weighted by atomic mass is 19.1. The van der Waals surface area contributed by atoms with E-state index in [1.807, 2.05) is 13.1 Å². The van der Waals surface area contributed by atoms with E-state index in [4.69, 9.17) is 0 Å². The van der Waals surface area contributed by atoms with Gasteiger partial charge in [0.05, 0.1) is 5.69 Å². The van der Waals surface area contributed by atoms with Crippen LogP contribution >= 0.6 is 0 Å². The van der Waals surface area contributed by atoms with Crippen LogP contribution in [0.15, 0.2) is 36.5 Å². The zero-order chi connectivity index (χ0) is 12.3. The van der Waals surface area contributed by atoms with E-state index in [9.17, 15) is 8.78 Å². The molecular formula is C13H12F2N2. The molecule has 0 unspecified atom stereocenters. The van der Waals surface area contributed by atoms with Crippen molar-refractivity contribution in [1.82, 2.24) is 10.3 Å². The summed E-state index contributed by atoms with van der Waals surface area (Å²) >= 11 is 0. The van der Waals surface area contributed by atoms with Crippen molar-refractivity contribution >= 4 is 0 Å². The summed E-state index contributed by atoms with van der Waals surface area (Å²) in [5, 5.41) is 3.00. The van der Waals surface area contributed by atoms with E-state index in [2.05, 4.69) is 10.3 Å². The number of pyridine rings is 1. The molecule has 0 spiro atoms. The molecule has 0 radical (unpaired) electrons. The lowest BCUT2D eigenvalue weighted by molar-refractivity contribution is 0.584. The molecule has 2 aromatic rings. The van der Waals surface area contributed by atoms with Crippen molar-refractivity contribution in [3.05, 3.63) is 53.7 Å². The lowest BCUT2D eigenvalue weighted by atomic mass is 10.1. The minimum atomic E-state index is -0.596. The van der Waals surface area contributed by atoms with Gasteiger partial charge >= 0.3 is 0 Å². The fourth-order valence-corrected chi connectivity index (χ4v) is 1.61. The Morgan fingerprint density at radius 1 is 1.12 bits per heavy atom. The van der Waals surface area contributed by atoms with Gasteiger partial charge in [0.25, 0.3) is 0 Å². The van der Waals surface area contributed by atoms with Gasteiger partial charge < -0.3 is 5.32 Å². The highest BCUT2D eigenvalue weighted by molar-refractivity contribution is 5.59. The van der Waals surface area contributed by atoms with E-state index < -0.39 is 11.6 Å². The molecule has 0 aliphatic carbocycles. The summed E-state index contributed by atoms with van der Waals surface area (Å²) < 4.78 is 26.1. The summed E-state index contributed by atoms with van der Waals surface area (Å²) in [6, 6.07) is 7.01. The molecule has 0 amide bonds. The maximum absolute atomic E-state index is 13.0. The molecule has 0 aliphatic heterocycles. The van der Waals surface area contributed by atoms with Crippen LogP contribution in [-0.2, 0) is 6.54 Å². The van der Waals surface area contributed by atoms with Gasteiger partial charge in [0.1, 0.15) is 11.6 Å². The van der Waals surface area contributed by atoms with Crippen LogP contribution in [0.5, 0.6) is 0 Å². The van der Waals surface area contributed by atoms with Gasteiger partial charge in [0, 0.05) is 24.4 Å². The van der Waals surface area contributed by atoms with Crippen LogP contribution in [0.1, 0.15) is 5.56 Å². The number of hydrogen-bond acceptors (Lipinski definition) is 2. The maximum atomic E-state index is 13.0. The molecular weight excluding hydrogens is 222 g/mol. The van der Waals surface area contributed by atoms with Crippen LogP contribution in [0.4, 0.5) is 8.78 Å². The van der Waals surface area contributed by atoms with E-state index in [1.54, 1.807) is 12.3 Å². The van der Waals surface area contributed by atoms with Crippen LogP contribution in [0.25, 0.3) is 11.3 Å². The number of benzene rings is 1. The molecule has 17 heavy (non-hydrogen) atoms. The van der Waals surface area contributed by atoms with Crippen molar-refractivity contribution < 1.29 is 8.78 Å². The van der Waals surface area contributed by atoms with Crippen LogP contribution in [0.3, 0.4) is 0 Å². The predicted molar refractivity (Wildman–Crippen MR) is 62.4 cm³/mol. The van der Waals surface area contributed by atoms with Gasteiger partial charge in [-0.3, -0.25) is 4.98 Å². The number of halogens is 2. The SMILES string of the molecule is CNCc1ccc(-c2cc(F)cc(F)c2)nc1. The summed E-state index contributed by atoms with van der Waals surface area (Å²) in [5.74, 6) is -1.19. The summed E-state index contributed by atoms with van der Waals surface area (Å²) in [5.41, 5.74) is 2.02. The zero-order valence-electron chi connectivity index (χ0n) is 9.37. The summed E-state index contributed by atoms with van der Waals surface area (Å²) in [4.78, 5) is 4.18. The lowest BCUT2D eigenvalue weighted by Crippen LogP contribution is -2.05. The Morgan fingerprint density at radius 2 is 1.82 bits per heavy atom. The molecule has 0 fully saturated rings. The first-order chi connectivity index (χ1) is 8.19. The van der Waals surface area contributed by atoms with Gasteiger partial charge in [-0.1, -0.05) is 6.07 Å². The Labute approximate surface area is 98.3 Å². The van der Waals surface area contributed by atoms with Crippen molar-refractivity contribution in [1.29, 1.82) is 0 Å². The van der Waals surface area contributed by atoms with Crippen molar-refractivity contribution in [3.8, 4) is 11.3 Å². The normalized spacial score (nSPS) is 10.5. The number of aromatic nitrogens is 1. The molecule has 0 atom stereocenters. The summed E-state index contributed by atoms with van der Waals surface area (Å²) in [6.07, 6.45) is 1.69. The summed E-state index contributed by atoms with van der Waals surface area (Å²) in [7, 11) is 1.84. The monoisotopic (exact) mass is 234 g/mol. The average molecular weight is 234 g/mol. The first kappa shape index (κ1) is 11.7. The predicted octanol–water partition coefficient (Wildman–Crippen LogP) is 2.75. The minimum absolute atomic E-state index is 0.443. The second-order valence-corrected chi connectivity index (χ2v) is 3.74. The third-order valence-electron chi connectivity index (χ3n) is 2.36. The highest BCUT2D eigenvalue weighted by Crippen LogP contribution is 2.19. The highest BCUT2D eigenvalue weighted by Gasteiger charge is 2.04. The standard InChI is InChI=1S/C13H12F2N2/c1-16-7-9-2-3-13(17-8-9)10-4-11(14)6-12(15)5-10/h2-6,8,16H,7H2,1H3. The second kappa shape index (κ2) is 5.01. The van der Waals surface area contributed by atoms with E-state index in [0.717, 1.165) is 11.6 Å². The van der Waals surface area contributed by atoms with Crippen LogP contribution in [-0.4, -0.2) is 12.0 Å². The lowest BCUT2D eigenvalue weighted by Gasteiger charge is -2.03. The summed E-state index contributed by atoms with van der Waals surface area (Å²) in [6.45, 7) is 0.713. The zero-order valence-corrected chi connectivity index (χ0v) is 9.37. The van der Waals surface area contributed by atoms with Gasteiger partial charge in [-0.05, 0) is 30.8 Å².